The summed E-state index contributed by atoms with van der Waals surface area (Å²) in [5.74, 6) is -0.391. The van der Waals surface area contributed by atoms with Gasteiger partial charge in [0, 0.05) is 5.69 Å². The molecule has 0 atom stereocenters. The van der Waals surface area contributed by atoms with Crippen molar-refractivity contribution in [1.29, 1.82) is 0 Å². The van der Waals surface area contributed by atoms with E-state index in [9.17, 15) is 4.39 Å². The van der Waals surface area contributed by atoms with Gasteiger partial charge in [-0.05, 0) is 47.9 Å². The average molecular weight is 216 g/mol. The van der Waals surface area contributed by atoms with Gasteiger partial charge in [-0.3, -0.25) is 0 Å². The molecular weight excluding hydrogens is 203 g/mol. The minimum absolute atomic E-state index is 0.177. The zero-order chi connectivity index (χ0) is 11.7. The Morgan fingerprint density at radius 2 is 1.62 bits per heavy atom. The third kappa shape index (κ3) is 1.84. The Labute approximate surface area is 93.7 Å². The monoisotopic (exact) mass is 216 g/mol. The largest absolute Gasteiger partial charge is 0.399 e. The second-order valence-electron chi connectivity index (χ2n) is 3.81. The van der Waals surface area contributed by atoms with Crippen LogP contribution in [0.15, 0.2) is 36.4 Å². The standard InChI is InChI=1S/C13H13FN2/c1-8-6-13(16)12(14)7-11(8)9-2-4-10(15)5-3-9/h2-7H,15-16H2,1H3. The van der Waals surface area contributed by atoms with E-state index in [-0.39, 0.29) is 5.69 Å². The maximum atomic E-state index is 13.4. The lowest BCUT2D eigenvalue weighted by Gasteiger charge is -2.08. The quantitative estimate of drug-likeness (QED) is 0.720. The molecule has 82 valence electrons. The van der Waals surface area contributed by atoms with Crippen LogP contribution in [-0.4, -0.2) is 0 Å². The van der Waals surface area contributed by atoms with E-state index in [1.807, 2.05) is 19.1 Å². The molecule has 2 aromatic rings. The van der Waals surface area contributed by atoms with Crippen molar-refractivity contribution in [3.8, 4) is 11.1 Å². The molecule has 0 aromatic heterocycles. The molecule has 0 aliphatic rings. The van der Waals surface area contributed by atoms with Crippen molar-refractivity contribution in [2.45, 2.75) is 6.92 Å². The highest BCUT2D eigenvalue weighted by Crippen LogP contribution is 2.27. The number of hydrogen-bond acceptors (Lipinski definition) is 2. The van der Waals surface area contributed by atoms with E-state index in [1.54, 1.807) is 18.2 Å². The molecule has 0 radical (unpaired) electrons. The van der Waals surface area contributed by atoms with Gasteiger partial charge < -0.3 is 11.5 Å². The second-order valence-corrected chi connectivity index (χ2v) is 3.81. The van der Waals surface area contributed by atoms with Crippen LogP contribution < -0.4 is 11.5 Å². The summed E-state index contributed by atoms with van der Waals surface area (Å²) in [5.41, 5.74) is 14.7. The Bertz CT molecular complexity index is 518. The molecule has 0 amide bonds. The zero-order valence-electron chi connectivity index (χ0n) is 9.00. The molecule has 0 aliphatic heterocycles. The Balaban J connectivity index is 2.56. The van der Waals surface area contributed by atoms with E-state index in [4.69, 9.17) is 11.5 Å². The van der Waals surface area contributed by atoms with E-state index < -0.39 is 5.82 Å². The number of benzene rings is 2. The molecule has 3 heteroatoms. The average Bonchev–Trinajstić information content (AvgIpc) is 2.25. The molecule has 0 saturated heterocycles. The van der Waals surface area contributed by atoms with Gasteiger partial charge in [0.2, 0.25) is 0 Å². The van der Waals surface area contributed by atoms with E-state index in [0.29, 0.717) is 5.69 Å². The molecule has 0 saturated carbocycles. The highest BCUT2D eigenvalue weighted by atomic mass is 19.1. The zero-order valence-corrected chi connectivity index (χ0v) is 9.00. The van der Waals surface area contributed by atoms with Crippen LogP contribution >= 0.6 is 0 Å². The minimum atomic E-state index is -0.391. The summed E-state index contributed by atoms with van der Waals surface area (Å²) in [6.07, 6.45) is 0. The molecule has 4 N–H and O–H groups in total. The van der Waals surface area contributed by atoms with Crippen LogP contribution in [0.3, 0.4) is 0 Å². The maximum Gasteiger partial charge on any atom is 0.146 e. The number of rotatable bonds is 1. The summed E-state index contributed by atoms with van der Waals surface area (Å²) in [6.45, 7) is 1.90. The number of aryl methyl sites for hydroxylation is 1. The molecule has 0 unspecified atom stereocenters. The van der Waals surface area contributed by atoms with Gasteiger partial charge in [0.25, 0.3) is 0 Å². The highest BCUT2D eigenvalue weighted by molar-refractivity contribution is 5.71. The van der Waals surface area contributed by atoms with Crippen LogP contribution in [0, 0.1) is 12.7 Å². The van der Waals surface area contributed by atoms with E-state index in [0.717, 1.165) is 16.7 Å². The van der Waals surface area contributed by atoms with Crippen molar-refractivity contribution in [2.75, 3.05) is 11.5 Å². The smallest absolute Gasteiger partial charge is 0.146 e. The molecule has 2 nitrogen and oxygen atoms in total. The maximum absolute atomic E-state index is 13.4. The van der Waals surface area contributed by atoms with Gasteiger partial charge >= 0.3 is 0 Å². The van der Waals surface area contributed by atoms with Crippen LogP contribution in [0.25, 0.3) is 11.1 Å². The number of halogens is 1. The summed E-state index contributed by atoms with van der Waals surface area (Å²) in [5, 5.41) is 0. The number of hydrogen-bond donors (Lipinski definition) is 2. The van der Waals surface area contributed by atoms with Gasteiger partial charge in [-0.2, -0.15) is 0 Å². The number of nitrogen functional groups attached to an aromatic ring is 2. The summed E-state index contributed by atoms with van der Waals surface area (Å²) in [7, 11) is 0. The van der Waals surface area contributed by atoms with Crippen LogP contribution in [0.1, 0.15) is 5.56 Å². The first kappa shape index (κ1) is 10.5. The lowest BCUT2D eigenvalue weighted by molar-refractivity contribution is 0.632. The van der Waals surface area contributed by atoms with Crippen LogP contribution in [0.2, 0.25) is 0 Å². The molecule has 0 aliphatic carbocycles. The van der Waals surface area contributed by atoms with Crippen LogP contribution in [0.4, 0.5) is 15.8 Å². The molecular formula is C13H13FN2. The third-order valence-corrected chi connectivity index (χ3v) is 2.57. The SMILES string of the molecule is Cc1cc(N)c(F)cc1-c1ccc(N)cc1. The first-order valence-electron chi connectivity index (χ1n) is 4.99. The van der Waals surface area contributed by atoms with Crippen molar-refractivity contribution < 1.29 is 4.39 Å². The normalized spacial score (nSPS) is 10.4. The van der Waals surface area contributed by atoms with Crippen LogP contribution in [0.5, 0.6) is 0 Å². The Morgan fingerprint density at radius 1 is 1.00 bits per heavy atom. The first-order chi connectivity index (χ1) is 7.58. The van der Waals surface area contributed by atoms with Crippen molar-refractivity contribution in [3.05, 3.63) is 47.8 Å². The van der Waals surface area contributed by atoms with Gasteiger partial charge in [0.1, 0.15) is 5.82 Å². The topological polar surface area (TPSA) is 52.0 Å². The Kier molecular flexibility index (Phi) is 2.52. The van der Waals surface area contributed by atoms with E-state index in [2.05, 4.69) is 0 Å². The Morgan fingerprint density at radius 3 is 2.25 bits per heavy atom. The van der Waals surface area contributed by atoms with Crippen LogP contribution in [-0.2, 0) is 0 Å². The molecule has 2 rings (SSSR count). The fraction of sp³-hybridized carbons (Fsp3) is 0.0769. The predicted octanol–water partition coefficient (Wildman–Crippen LogP) is 2.97. The number of nitrogens with two attached hydrogens (primary N) is 2. The van der Waals surface area contributed by atoms with Crippen molar-refractivity contribution in [1.82, 2.24) is 0 Å². The van der Waals surface area contributed by atoms with Crippen molar-refractivity contribution >= 4 is 11.4 Å². The van der Waals surface area contributed by atoms with Crippen molar-refractivity contribution in [3.63, 3.8) is 0 Å². The first-order valence-corrected chi connectivity index (χ1v) is 4.99. The lowest BCUT2D eigenvalue weighted by atomic mass is 9.99. The molecule has 0 fully saturated rings. The lowest BCUT2D eigenvalue weighted by Crippen LogP contribution is -1.94. The van der Waals surface area contributed by atoms with Crippen molar-refractivity contribution in [2.24, 2.45) is 0 Å². The van der Waals surface area contributed by atoms with Gasteiger partial charge in [-0.1, -0.05) is 12.1 Å². The van der Waals surface area contributed by atoms with Gasteiger partial charge in [-0.25, -0.2) is 4.39 Å². The van der Waals surface area contributed by atoms with E-state index >= 15 is 0 Å². The summed E-state index contributed by atoms with van der Waals surface area (Å²) < 4.78 is 13.4. The highest BCUT2D eigenvalue weighted by Gasteiger charge is 2.06. The van der Waals surface area contributed by atoms with E-state index in [1.165, 1.54) is 6.07 Å². The van der Waals surface area contributed by atoms with Gasteiger partial charge in [-0.15, -0.1) is 0 Å². The summed E-state index contributed by atoms with van der Waals surface area (Å²) in [4.78, 5) is 0. The molecule has 2 aromatic carbocycles. The predicted molar refractivity (Wildman–Crippen MR) is 65.4 cm³/mol. The summed E-state index contributed by atoms with van der Waals surface area (Å²) >= 11 is 0. The number of anilines is 2. The Hall–Kier alpha value is -2.03. The third-order valence-electron chi connectivity index (χ3n) is 2.57. The fourth-order valence-electron chi connectivity index (χ4n) is 1.68. The molecule has 0 spiro atoms. The molecule has 16 heavy (non-hydrogen) atoms. The summed E-state index contributed by atoms with van der Waals surface area (Å²) in [6, 6.07) is 10.4. The fourth-order valence-corrected chi connectivity index (χ4v) is 1.68. The van der Waals surface area contributed by atoms with Gasteiger partial charge in [0.05, 0.1) is 5.69 Å². The molecule has 0 bridgehead atoms. The second kappa shape index (κ2) is 3.85. The van der Waals surface area contributed by atoms with Gasteiger partial charge in [0.15, 0.2) is 0 Å². The minimum Gasteiger partial charge on any atom is -0.399 e. The molecule has 0 heterocycles.